The molecule has 0 unspecified atom stereocenters. The topological polar surface area (TPSA) is 95.4 Å². The average Bonchev–Trinajstić information content (AvgIpc) is 3.18. The first-order valence-electron chi connectivity index (χ1n) is 8.65. The Hall–Kier alpha value is -3.74. The van der Waals surface area contributed by atoms with Crippen LogP contribution in [0.4, 0.5) is 0 Å². The molecule has 140 valence electrons. The zero-order valence-corrected chi connectivity index (χ0v) is 15.2. The lowest BCUT2D eigenvalue weighted by Gasteiger charge is -2.09. The molecule has 4 aromatic rings. The van der Waals surface area contributed by atoms with E-state index in [1.54, 1.807) is 31.2 Å². The number of aryl methyl sites for hydroxylation is 1. The molecule has 2 heterocycles. The molecule has 0 aliphatic heterocycles. The summed E-state index contributed by atoms with van der Waals surface area (Å²) in [4.78, 5) is 24.5. The van der Waals surface area contributed by atoms with Crippen LogP contribution in [0, 0.1) is 6.92 Å². The minimum atomic E-state index is -0.829. The van der Waals surface area contributed by atoms with E-state index >= 15 is 0 Å². The van der Waals surface area contributed by atoms with E-state index in [4.69, 9.17) is 13.6 Å². The molecule has 0 radical (unpaired) electrons. The van der Waals surface area contributed by atoms with Crippen molar-refractivity contribution in [2.45, 2.75) is 20.0 Å². The number of para-hydroxylation sites is 1. The maximum Gasteiger partial charge on any atom is 0.351 e. The van der Waals surface area contributed by atoms with Crippen molar-refractivity contribution >= 4 is 16.9 Å². The van der Waals surface area contributed by atoms with E-state index in [1.807, 2.05) is 31.2 Å². The Morgan fingerprint density at radius 1 is 1.04 bits per heavy atom. The number of esters is 1. The molecule has 0 spiro atoms. The van der Waals surface area contributed by atoms with Gasteiger partial charge in [-0.2, -0.15) is 0 Å². The smallest absolute Gasteiger partial charge is 0.351 e. The standard InChI is InChI=1S/C21H16N2O5/c1-12-7-9-14(10-8-12)19-23-22-18(28-19)13(2)26-20(24)16-11-15-5-3-4-6-17(15)27-21(16)25/h3-11,13H,1-2H3/t13-/m0/s1. The minimum Gasteiger partial charge on any atom is -0.449 e. The number of ether oxygens (including phenoxy) is 1. The first kappa shape index (κ1) is 17.7. The van der Waals surface area contributed by atoms with E-state index in [0.717, 1.165) is 11.1 Å². The van der Waals surface area contributed by atoms with Crippen LogP contribution in [0.2, 0.25) is 0 Å². The van der Waals surface area contributed by atoms with Gasteiger partial charge in [0.1, 0.15) is 11.1 Å². The fraction of sp³-hybridized carbons (Fsp3) is 0.143. The van der Waals surface area contributed by atoms with Crippen molar-refractivity contribution in [3.8, 4) is 11.5 Å². The lowest BCUT2D eigenvalue weighted by Crippen LogP contribution is -2.18. The van der Waals surface area contributed by atoms with E-state index in [2.05, 4.69) is 10.2 Å². The normalized spacial score (nSPS) is 12.1. The number of hydrogen-bond acceptors (Lipinski definition) is 7. The largest absolute Gasteiger partial charge is 0.449 e. The summed E-state index contributed by atoms with van der Waals surface area (Å²) in [6.07, 6.45) is -0.829. The monoisotopic (exact) mass is 376 g/mol. The SMILES string of the molecule is Cc1ccc(-c2nnc([C@H](C)OC(=O)c3cc4ccccc4oc3=O)o2)cc1. The van der Waals surface area contributed by atoms with Crippen molar-refractivity contribution < 1.29 is 18.4 Å². The van der Waals surface area contributed by atoms with E-state index in [9.17, 15) is 9.59 Å². The first-order valence-corrected chi connectivity index (χ1v) is 8.65. The molecule has 0 aliphatic rings. The second kappa shape index (κ2) is 7.11. The van der Waals surface area contributed by atoms with Crippen molar-refractivity contribution in [1.29, 1.82) is 0 Å². The van der Waals surface area contributed by atoms with Crippen molar-refractivity contribution in [3.05, 3.63) is 82.0 Å². The molecule has 1 atom stereocenters. The molecular formula is C21H16N2O5. The number of aromatic nitrogens is 2. The molecule has 0 fully saturated rings. The maximum atomic E-state index is 12.4. The van der Waals surface area contributed by atoms with Crippen LogP contribution in [-0.2, 0) is 4.74 Å². The van der Waals surface area contributed by atoms with Gasteiger partial charge in [-0.3, -0.25) is 0 Å². The second-order valence-corrected chi connectivity index (χ2v) is 6.34. The van der Waals surface area contributed by atoms with E-state index in [1.165, 1.54) is 6.07 Å². The number of benzene rings is 2. The van der Waals surface area contributed by atoms with Gasteiger partial charge in [-0.25, -0.2) is 9.59 Å². The lowest BCUT2D eigenvalue weighted by molar-refractivity contribution is 0.0275. The summed E-state index contributed by atoms with van der Waals surface area (Å²) in [7, 11) is 0. The summed E-state index contributed by atoms with van der Waals surface area (Å²) < 4.78 is 16.1. The highest BCUT2D eigenvalue weighted by atomic mass is 16.6. The zero-order chi connectivity index (χ0) is 19.7. The van der Waals surface area contributed by atoms with Crippen LogP contribution < -0.4 is 5.63 Å². The van der Waals surface area contributed by atoms with Gasteiger partial charge in [-0.1, -0.05) is 35.9 Å². The fourth-order valence-electron chi connectivity index (χ4n) is 2.69. The van der Waals surface area contributed by atoms with Gasteiger partial charge in [-0.05, 0) is 38.1 Å². The number of hydrogen-bond donors (Lipinski definition) is 0. The molecule has 0 amide bonds. The molecule has 7 heteroatoms. The molecule has 2 aromatic heterocycles. The van der Waals surface area contributed by atoms with Gasteiger partial charge in [0, 0.05) is 10.9 Å². The molecule has 0 saturated carbocycles. The summed E-state index contributed by atoms with van der Waals surface area (Å²) in [5, 5.41) is 8.55. The predicted octanol–water partition coefficient (Wildman–Crippen LogP) is 4.07. The van der Waals surface area contributed by atoms with Gasteiger partial charge in [0.2, 0.25) is 5.89 Å². The Labute approximate surface area is 159 Å². The van der Waals surface area contributed by atoms with Crippen LogP contribution in [0.1, 0.15) is 34.8 Å². The van der Waals surface area contributed by atoms with Gasteiger partial charge in [-0.15, -0.1) is 10.2 Å². The Morgan fingerprint density at radius 3 is 2.57 bits per heavy atom. The van der Waals surface area contributed by atoms with Crippen molar-refractivity contribution in [2.24, 2.45) is 0 Å². The van der Waals surface area contributed by atoms with E-state index in [-0.39, 0.29) is 11.5 Å². The molecule has 0 N–H and O–H groups in total. The van der Waals surface area contributed by atoms with Crippen molar-refractivity contribution in [3.63, 3.8) is 0 Å². The van der Waals surface area contributed by atoms with Crippen LogP contribution in [0.15, 0.2) is 68.2 Å². The fourth-order valence-corrected chi connectivity index (χ4v) is 2.69. The Morgan fingerprint density at radius 2 is 1.79 bits per heavy atom. The number of carbonyl (C=O) groups is 1. The lowest BCUT2D eigenvalue weighted by atomic mass is 10.1. The molecule has 4 rings (SSSR count). The third-order valence-corrected chi connectivity index (χ3v) is 4.23. The van der Waals surface area contributed by atoms with E-state index < -0.39 is 17.7 Å². The van der Waals surface area contributed by atoms with Crippen LogP contribution >= 0.6 is 0 Å². The third-order valence-electron chi connectivity index (χ3n) is 4.23. The summed E-state index contributed by atoms with van der Waals surface area (Å²) in [5.74, 6) is -0.362. The quantitative estimate of drug-likeness (QED) is 0.391. The average molecular weight is 376 g/mol. The van der Waals surface area contributed by atoms with Crippen molar-refractivity contribution in [1.82, 2.24) is 10.2 Å². The number of rotatable bonds is 4. The molecule has 0 aliphatic carbocycles. The molecule has 0 saturated heterocycles. The van der Waals surface area contributed by atoms with Crippen LogP contribution in [-0.4, -0.2) is 16.2 Å². The van der Waals surface area contributed by atoms with Crippen LogP contribution in [0.3, 0.4) is 0 Å². The Balaban J connectivity index is 1.54. The van der Waals surface area contributed by atoms with Crippen molar-refractivity contribution in [2.75, 3.05) is 0 Å². The molecule has 0 bridgehead atoms. The Kier molecular flexibility index (Phi) is 4.49. The summed E-state index contributed by atoms with van der Waals surface area (Å²) in [5.41, 5.74) is 1.32. The molecule has 7 nitrogen and oxygen atoms in total. The number of nitrogens with zero attached hydrogens (tertiary/aromatic N) is 2. The molecular weight excluding hydrogens is 360 g/mol. The van der Waals surface area contributed by atoms with Gasteiger partial charge in [0.15, 0.2) is 6.10 Å². The maximum absolute atomic E-state index is 12.4. The number of fused-ring (bicyclic) bond motifs is 1. The summed E-state index contributed by atoms with van der Waals surface area (Å²) in [6, 6.07) is 16.0. The summed E-state index contributed by atoms with van der Waals surface area (Å²) >= 11 is 0. The minimum absolute atomic E-state index is 0.133. The summed E-state index contributed by atoms with van der Waals surface area (Å²) in [6.45, 7) is 3.57. The first-order chi connectivity index (χ1) is 13.5. The van der Waals surface area contributed by atoms with Crippen LogP contribution in [0.5, 0.6) is 0 Å². The third kappa shape index (κ3) is 3.42. The zero-order valence-electron chi connectivity index (χ0n) is 15.2. The van der Waals surface area contributed by atoms with Gasteiger partial charge in [0.25, 0.3) is 5.89 Å². The highest BCUT2D eigenvalue weighted by Gasteiger charge is 2.22. The van der Waals surface area contributed by atoms with E-state index in [0.29, 0.717) is 16.9 Å². The van der Waals surface area contributed by atoms with Crippen LogP contribution in [0.25, 0.3) is 22.4 Å². The van der Waals surface area contributed by atoms with Gasteiger partial charge >= 0.3 is 11.6 Å². The predicted molar refractivity (Wildman–Crippen MR) is 101 cm³/mol. The highest BCUT2D eigenvalue weighted by Crippen LogP contribution is 2.23. The number of carbonyl (C=O) groups excluding carboxylic acids is 1. The second-order valence-electron chi connectivity index (χ2n) is 6.34. The van der Waals surface area contributed by atoms with Gasteiger partial charge in [0.05, 0.1) is 0 Å². The molecule has 28 heavy (non-hydrogen) atoms. The van der Waals surface area contributed by atoms with Gasteiger partial charge < -0.3 is 13.6 Å². The highest BCUT2D eigenvalue weighted by molar-refractivity contribution is 5.92. The molecule has 2 aromatic carbocycles. The Bertz CT molecular complexity index is 1210.